The number of carbonyl (C=O) groups is 1. The topological polar surface area (TPSA) is 68.0 Å². The standard InChI is InChI=1S/C12H11Br2N3O2/c1-7-16-11(17-19-7)4-5-15-12(18)9-6-8(13)2-3-10(9)14/h2-3,6H,4-5H2,1H3,(H,15,18). The summed E-state index contributed by atoms with van der Waals surface area (Å²) in [6, 6.07) is 5.45. The third-order valence-electron chi connectivity index (χ3n) is 2.38. The minimum absolute atomic E-state index is 0.145. The molecule has 0 spiro atoms. The van der Waals surface area contributed by atoms with Crippen molar-refractivity contribution in [3.63, 3.8) is 0 Å². The molecule has 5 nitrogen and oxygen atoms in total. The lowest BCUT2D eigenvalue weighted by Crippen LogP contribution is -2.26. The molecule has 0 aliphatic carbocycles. The molecule has 2 rings (SSSR count). The smallest absolute Gasteiger partial charge is 0.252 e. The molecule has 7 heteroatoms. The first-order valence-electron chi connectivity index (χ1n) is 5.58. The number of nitrogens with one attached hydrogen (secondary N) is 1. The lowest BCUT2D eigenvalue weighted by Gasteiger charge is -2.06. The van der Waals surface area contributed by atoms with E-state index < -0.39 is 0 Å². The molecule has 0 bridgehead atoms. The molecule has 0 saturated carbocycles. The van der Waals surface area contributed by atoms with Gasteiger partial charge < -0.3 is 9.84 Å². The van der Waals surface area contributed by atoms with Gasteiger partial charge in [-0.15, -0.1) is 0 Å². The van der Waals surface area contributed by atoms with Crippen molar-refractivity contribution in [2.75, 3.05) is 6.54 Å². The Kier molecular flexibility index (Phi) is 4.71. The van der Waals surface area contributed by atoms with Gasteiger partial charge in [0, 0.05) is 28.8 Å². The molecule has 0 saturated heterocycles. The average molecular weight is 389 g/mol. The Bertz CT molecular complexity index is 598. The number of carbonyl (C=O) groups excluding carboxylic acids is 1. The molecule has 19 heavy (non-hydrogen) atoms. The maximum Gasteiger partial charge on any atom is 0.252 e. The molecule has 0 fully saturated rings. The van der Waals surface area contributed by atoms with Crippen LogP contribution in [0.25, 0.3) is 0 Å². The average Bonchev–Trinajstić information content (AvgIpc) is 2.78. The monoisotopic (exact) mass is 387 g/mol. The molecule has 1 N–H and O–H groups in total. The Hall–Kier alpha value is -1.21. The summed E-state index contributed by atoms with van der Waals surface area (Å²) in [7, 11) is 0. The number of hydrogen-bond acceptors (Lipinski definition) is 4. The molecule has 0 unspecified atom stereocenters. The van der Waals surface area contributed by atoms with Gasteiger partial charge in [-0.2, -0.15) is 4.98 Å². The quantitative estimate of drug-likeness (QED) is 0.874. The van der Waals surface area contributed by atoms with Crippen molar-refractivity contribution >= 4 is 37.8 Å². The van der Waals surface area contributed by atoms with E-state index in [0.717, 1.165) is 8.95 Å². The number of amides is 1. The molecule has 2 aromatic rings. The Morgan fingerprint density at radius 3 is 2.89 bits per heavy atom. The first-order valence-corrected chi connectivity index (χ1v) is 7.17. The maximum absolute atomic E-state index is 12.0. The zero-order valence-corrected chi connectivity index (χ0v) is 13.3. The number of aromatic nitrogens is 2. The van der Waals surface area contributed by atoms with Crippen molar-refractivity contribution < 1.29 is 9.32 Å². The number of halogens is 2. The Labute approximate surface area is 127 Å². The first-order chi connectivity index (χ1) is 9.06. The molecule has 0 aliphatic heterocycles. The van der Waals surface area contributed by atoms with Crippen molar-refractivity contribution in [2.45, 2.75) is 13.3 Å². The Morgan fingerprint density at radius 1 is 1.42 bits per heavy atom. The van der Waals surface area contributed by atoms with Gasteiger partial charge in [-0.1, -0.05) is 21.1 Å². The lowest BCUT2D eigenvalue weighted by atomic mass is 10.2. The van der Waals surface area contributed by atoms with Crippen LogP contribution in [0, 0.1) is 6.92 Å². The van der Waals surface area contributed by atoms with E-state index in [2.05, 4.69) is 47.3 Å². The van der Waals surface area contributed by atoms with Crippen LogP contribution in [-0.4, -0.2) is 22.6 Å². The van der Waals surface area contributed by atoms with Crippen LogP contribution in [0.4, 0.5) is 0 Å². The van der Waals surface area contributed by atoms with Crippen LogP contribution in [0.1, 0.15) is 22.1 Å². The fraction of sp³-hybridized carbons (Fsp3) is 0.250. The van der Waals surface area contributed by atoms with Crippen LogP contribution in [0.5, 0.6) is 0 Å². The fourth-order valence-corrected chi connectivity index (χ4v) is 2.29. The minimum Gasteiger partial charge on any atom is -0.352 e. The van der Waals surface area contributed by atoms with E-state index in [0.29, 0.717) is 30.2 Å². The number of aryl methyl sites for hydroxylation is 1. The molecule has 1 heterocycles. The molecule has 1 aromatic heterocycles. The second-order valence-corrected chi connectivity index (χ2v) is 5.63. The molecular weight excluding hydrogens is 378 g/mol. The van der Waals surface area contributed by atoms with E-state index in [1.165, 1.54) is 0 Å². The molecule has 0 aliphatic rings. The normalized spacial score (nSPS) is 10.5. The summed E-state index contributed by atoms with van der Waals surface area (Å²) in [5, 5.41) is 6.58. The van der Waals surface area contributed by atoms with Crippen molar-refractivity contribution in [2.24, 2.45) is 0 Å². The largest absolute Gasteiger partial charge is 0.352 e. The summed E-state index contributed by atoms with van der Waals surface area (Å²) in [5.41, 5.74) is 0.582. The van der Waals surface area contributed by atoms with E-state index in [9.17, 15) is 4.79 Å². The van der Waals surface area contributed by atoms with Crippen LogP contribution in [0.2, 0.25) is 0 Å². The molecular formula is C12H11Br2N3O2. The molecule has 0 radical (unpaired) electrons. The Morgan fingerprint density at radius 2 is 2.21 bits per heavy atom. The van der Waals surface area contributed by atoms with Gasteiger partial charge in [-0.25, -0.2) is 0 Å². The van der Waals surface area contributed by atoms with E-state index in [-0.39, 0.29) is 5.91 Å². The summed E-state index contributed by atoms with van der Waals surface area (Å²) < 4.78 is 6.46. The van der Waals surface area contributed by atoms with Gasteiger partial charge in [0.15, 0.2) is 5.82 Å². The summed E-state index contributed by atoms with van der Waals surface area (Å²) in [5.74, 6) is 0.968. The van der Waals surface area contributed by atoms with Crippen molar-refractivity contribution in [3.8, 4) is 0 Å². The van der Waals surface area contributed by atoms with E-state index in [1.807, 2.05) is 12.1 Å². The predicted octanol–water partition coefficient (Wildman–Crippen LogP) is 2.88. The number of nitrogens with zero attached hydrogens (tertiary/aromatic N) is 2. The van der Waals surface area contributed by atoms with Crippen molar-refractivity contribution in [3.05, 3.63) is 44.4 Å². The highest BCUT2D eigenvalue weighted by Gasteiger charge is 2.10. The van der Waals surface area contributed by atoms with Crippen LogP contribution in [-0.2, 0) is 6.42 Å². The van der Waals surface area contributed by atoms with E-state index in [4.69, 9.17) is 4.52 Å². The van der Waals surface area contributed by atoms with Crippen LogP contribution < -0.4 is 5.32 Å². The highest BCUT2D eigenvalue weighted by Crippen LogP contribution is 2.21. The maximum atomic E-state index is 12.0. The lowest BCUT2D eigenvalue weighted by molar-refractivity contribution is 0.0953. The highest BCUT2D eigenvalue weighted by molar-refractivity contribution is 9.11. The van der Waals surface area contributed by atoms with Crippen molar-refractivity contribution in [1.82, 2.24) is 15.5 Å². The number of benzene rings is 1. The van der Waals surface area contributed by atoms with Gasteiger partial charge in [0.1, 0.15) is 0 Å². The SMILES string of the molecule is Cc1nc(CCNC(=O)c2cc(Br)ccc2Br)no1. The van der Waals surface area contributed by atoms with Gasteiger partial charge in [0.25, 0.3) is 5.91 Å². The van der Waals surface area contributed by atoms with Gasteiger partial charge >= 0.3 is 0 Å². The summed E-state index contributed by atoms with van der Waals surface area (Å²) in [6.07, 6.45) is 0.536. The molecule has 1 amide bonds. The summed E-state index contributed by atoms with van der Waals surface area (Å²) in [4.78, 5) is 16.1. The van der Waals surface area contributed by atoms with Gasteiger partial charge in [-0.3, -0.25) is 4.79 Å². The van der Waals surface area contributed by atoms with Crippen LogP contribution >= 0.6 is 31.9 Å². The fourth-order valence-electron chi connectivity index (χ4n) is 1.50. The van der Waals surface area contributed by atoms with Gasteiger partial charge in [0.05, 0.1) is 5.56 Å². The third kappa shape index (κ3) is 3.87. The molecule has 0 atom stereocenters. The Balaban J connectivity index is 1.92. The highest BCUT2D eigenvalue weighted by atomic mass is 79.9. The third-order valence-corrected chi connectivity index (χ3v) is 3.56. The van der Waals surface area contributed by atoms with Crippen LogP contribution in [0.3, 0.4) is 0 Å². The zero-order valence-electron chi connectivity index (χ0n) is 10.1. The second kappa shape index (κ2) is 6.29. The summed E-state index contributed by atoms with van der Waals surface area (Å²) >= 11 is 6.69. The van der Waals surface area contributed by atoms with Gasteiger partial charge in [-0.05, 0) is 34.1 Å². The van der Waals surface area contributed by atoms with E-state index >= 15 is 0 Å². The van der Waals surface area contributed by atoms with Crippen LogP contribution in [0.15, 0.2) is 31.7 Å². The number of rotatable bonds is 4. The number of hydrogen-bond donors (Lipinski definition) is 1. The molecule has 1 aromatic carbocycles. The predicted molar refractivity (Wildman–Crippen MR) is 76.9 cm³/mol. The minimum atomic E-state index is -0.145. The van der Waals surface area contributed by atoms with E-state index in [1.54, 1.807) is 13.0 Å². The second-order valence-electron chi connectivity index (χ2n) is 3.86. The van der Waals surface area contributed by atoms with Crippen molar-refractivity contribution in [1.29, 1.82) is 0 Å². The van der Waals surface area contributed by atoms with Gasteiger partial charge in [0.2, 0.25) is 5.89 Å². The summed E-state index contributed by atoms with van der Waals surface area (Å²) in [6.45, 7) is 2.18. The molecule has 100 valence electrons. The first kappa shape index (κ1) is 14.2. The zero-order chi connectivity index (χ0) is 13.8.